The second-order valence-electron chi connectivity index (χ2n) is 12.1. The molecule has 2 unspecified atom stereocenters. The fourth-order valence-corrected chi connectivity index (χ4v) is 10.3. The molecule has 3 aliphatic rings. The summed E-state index contributed by atoms with van der Waals surface area (Å²) >= 11 is 0. The zero-order chi connectivity index (χ0) is 27.2. The van der Waals surface area contributed by atoms with Crippen molar-refractivity contribution in [2.45, 2.75) is 36.9 Å². The number of hydrogen-bond donors (Lipinski definition) is 0. The minimum Gasteiger partial charge on any atom is -0.350 e. The molecule has 4 aromatic carbocycles. The molecule has 0 amide bonds. The molecule has 0 aromatic heterocycles. The molecule has 0 N–H and O–H groups in total. The van der Waals surface area contributed by atoms with Crippen LogP contribution in [-0.4, -0.2) is 0 Å². The van der Waals surface area contributed by atoms with E-state index in [9.17, 15) is 0 Å². The molecule has 2 bridgehead atoms. The van der Waals surface area contributed by atoms with Crippen molar-refractivity contribution in [1.82, 2.24) is 0 Å². The molecule has 2 nitrogen and oxygen atoms in total. The summed E-state index contributed by atoms with van der Waals surface area (Å²) in [5.41, 5.74) is 3.99. The summed E-state index contributed by atoms with van der Waals surface area (Å²) < 4.78 is 13.4. The van der Waals surface area contributed by atoms with E-state index < -0.39 is 11.2 Å². The van der Waals surface area contributed by atoms with Gasteiger partial charge in [0, 0.05) is 30.8 Å². The topological polar surface area (TPSA) is 18.5 Å². The molecule has 0 heterocycles. The van der Waals surface area contributed by atoms with Crippen LogP contribution >= 0.6 is 18.9 Å². The molecule has 3 fully saturated rings. The fraction of sp³-hybridized carbons (Fsp3) is 0.333. The van der Waals surface area contributed by atoms with Gasteiger partial charge >= 0.3 is 0 Å². The Bertz CT molecular complexity index is 1330. The predicted molar refractivity (Wildman–Crippen MR) is 168 cm³/mol. The smallest absolute Gasteiger partial charge is 0.125 e. The van der Waals surface area contributed by atoms with Gasteiger partial charge < -0.3 is 9.05 Å². The van der Waals surface area contributed by atoms with E-state index in [4.69, 9.17) is 9.05 Å². The first-order chi connectivity index (χ1) is 19.7. The van der Waals surface area contributed by atoms with Crippen LogP contribution in [0.2, 0.25) is 0 Å². The van der Waals surface area contributed by atoms with Crippen LogP contribution in [0, 0.1) is 35.5 Å². The van der Waals surface area contributed by atoms with Gasteiger partial charge in [0.25, 0.3) is 0 Å². The zero-order valence-electron chi connectivity index (χ0n) is 22.8. The third kappa shape index (κ3) is 3.91. The van der Waals surface area contributed by atoms with E-state index in [0.717, 1.165) is 11.8 Å². The third-order valence-corrected chi connectivity index (χ3v) is 11.5. The summed E-state index contributed by atoms with van der Waals surface area (Å²) in [6.07, 6.45) is 4.95. The first-order valence-electron chi connectivity index (χ1n) is 14.7. The Hall–Kier alpha value is -2.34. The van der Waals surface area contributed by atoms with Crippen molar-refractivity contribution in [2.24, 2.45) is 35.5 Å². The van der Waals surface area contributed by atoms with Crippen LogP contribution in [0.3, 0.4) is 0 Å². The second kappa shape index (κ2) is 10.8. The molecule has 4 aromatic rings. The fourth-order valence-electron chi connectivity index (χ4n) is 9.43. The summed E-state index contributed by atoms with van der Waals surface area (Å²) in [6.45, 7) is 0. The van der Waals surface area contributed by atoms with Gasteiger partial charge in [-0.15, -0.1) is 0 Å². The molecule has 204 valence electrons. The van der Waals surface area contributed by atoms with E-state index in [1.165, 1.54) is 47.9 Å². The molecule has 0 saturated heterocycles. The summed E-state index contributed by atoms with van der Waals surface area (Å²) in [6, 6.07) is 43.8. The zero-order valence-corrected chi connectivity index (χ0v) is 25.1. The lowest BCUT2D eigenvalue weighted by molar-refractivity contribution is -0.0335. The van der Waals surface area contributed by atoms with Gasteiger partial charge in [0.05, 0.1) is 0 Å². The molecular weight excluding hydrogens is 526 g/mol. The van der Waals surface area contributed by atoms with Crippen molar-refractivity contribution < 1.29 is 9.05 Å². The Kier molecular flexibility index (Phi) is 7.18. The molecule has 8 atom stereocenters. The van der Waals surface area contributed by atoms with Crippen LogP contribution in [0.4, 0.5) is 0 Å². The highest BCUT2D eigenvalue weighted by Crippen LogP contribution is 2.70. The van der Waals surface area contributed by atoms with Gasteiger partial charge in [-0.3, -0.25) is 0 Å². The largest absolute Gasteiger partial charge is 0.350 e. The van der Waals surface area contributed by atoms with Crippen molar-refractivity contribution in [2.75, 3.05) is 0 Å². The van der Waals surface area contributed by atoms with E-state index in [2.05, 4.69) is 140 Å². The Labute approximate surface area is 243 Å². The monoisotopic (exact) mass is 564 g/mol. The summed E-state index contributed by atoms with van der Waals surface area (Å²) in [7, 11) is 5.36. The number of hydrogen-bond acceptors (Lipinski definition) is 2. The Morgan fingerprint density at radius 2 is 0.875 bits per heavy atom. The number of fused-ring (bicyclic) bond motifs is 5. The number of benzene rings is 4. The lowest BCUT2D eigenvalue weighted by Crippen LogP contribution is -2.47. The normalized spacial score (nSPS) is 27.6. The van der Waals surface area contributed by atoms with Gasteiger partial charge in [0.1, 0.15) is 11.2 Å². The van der Waals surface area contributed by atoms with Crippen molar-refractivity contribution >= 4 is 18.9 Å². The van der Waals surface area contributed by atoms with Crippen molar-refractivity contribution in [3.8, 4) is 0 Å². The maximum atomic E-state index is 6.71. The van der Waals surface area contributed by atoms with E-state index >= 15 is 0 Å². The Morgan fingerprint density at radius 3 is 1.27 bits per heavy atom. The van der Waals surface area contributed by atoms with Crippen LogP contribution in [0.5, 0.6) is 0 Å². The highest BCUT2D eigenvalue weighted by Gasteiger charge is 2.65. The average molecular weight is 565 g/mol. The van der Waals surface area contributed by atoms with Crippen LogP contribution in [0.25, 0.3) is 0 Å². The molecule has 40 heavy (non-hydrogen) atoms. The van der Waals surface area contributed by atoms with E-state index in [1.807, 2.05) is 0 Å². The van der Waals surface area contributed by atoms with E-state index in [1.54, 1.807) is 0 Å². The van der Waals surface area contributed by atoms with Crippen LogP contribution in [0.1, 0.15) is 47.9 Å². The molecular formula is C36H38O2P2. The van der Waals surface area contributed by atoms with E-state index in [0.29, 0.717) is 23.7 Å². The highest BCUT2D eigenvalue weighted by molar-refractivity contribution is 7.10. The van der Waals surface area contributed by atoms with Gasteiger partial charge in [0.15, 0.2) is 0 Å². The average Bonchev–Trinajstić information content (AvgIpc) is 3.75. The Balaban J connectivity index is 1.37. The molecule has 3 saturated carbocycles. The Morgan fingerprint density at radius 1 is 0.475 bits per heavy atom. The maximum Gasteiger partial charge on any atom is 0.125 e. The summed E-state index contributed by atoms with van der Waals surface area (Å²) in [4.78, 5) is 0. The first kappa shape index (κ1) is 26.6. The standard InChI is InChI=1S/C36H38O2P2/c39-37-35(26-13-5-1-6-14-26,27-15-7-2-8-16-27)32-22-21-30-25-23-31(34(30)32)33(24-25)36(38-40,28-17-9-3-10-18-28)29-19-11-4-12-20-29/h1-20,25,30-34H,21-24,39-40H2/t25-,30+,31+,32-,33+,34+/m0/s1. The SMILES string of the molecule is POC(c1ccccc1)(c1ccccc1)[C@@H]1C[C@@H]2C[C@H]1[C@H]1[C@@H]2CC[C@@H]1C(OP)(c1ccccc1)c1ccccc1. The van der Waals surface area contributed by atoms with Crippen LogP contribution in [-0.2, 0) is 20.2 Å². The minimum absolute atomic E-state index is 0.381. The minimum atomic E-state index is -0.508. The van der Waals surface area contributed by atoms with Crippen molar-refractivity contribution in [3.05, 3.63) is 144 Å². The first-order valence-corrected chi connectivity index (χ1v) is 15.7. The maximum absolute atomic E-state index is 6.71. The molecule has 3 aliphatic carbocycles. The summed E-state index contributed by atoms with van der Waals surface area (Å²) in [5.74, 6) is 3.35. The molecule has 0 spiro atoms. The molecule has 0 aliphatic heterocycles. The van der Waals surface area contributed by atoms with E-state index in [-0.39, 0.29) is 0 Å². The van der Waals surface area contributed by atoms with Crippen molar-refractivity contribution in [1.29, 1.82) is 0 Å². The summed E-state index contributed by atoms with van der Waals surface area (Å²) in [5, 5.41) is 0. The molecule has 4 heteroatoms. The third-order valence-electron chi connectivity index (χ3n) is 10.7. The second-order valence-corrected chi connectivity index (χ2v) is 12.6. The quantitative estimate of drug-likeness (QED) is 0.199. The van der Waals surface area contributed by atoms with Gasteiger partial charge in [-0.1, -0.05) is 121 Å². The number of rotatable bonds is 8. The lowest BCUT2D eigenvalue weighted by Gasteiger charge is -2.49. The molecule has 0 radical (unpaired) electrons. The van der Waals surface area contributed by atoms with Crippen molar-refractivity contribution in [3.63, 3.8) is 0 Å². The predicted octanol–water partition coefficient (Wildman–Crippen LogP) is 8.79. The van der Waals surface area contributed by atoms with Gasteiger partial charge in [-0.2, -0.15) is 0 Å². The van der Waals surface area contributed by atoms with Crippen LogP contribution < -0.4 is 0 Å². The van der Waals surface area contributed by atoms with Gasteiger partial charge in [-0.05, 0) is 71.6 Å². The van der Waals surface area contributed by atoms with Crippen LogP contribution in [0.15, 0.2) is 121 Å². The molecule has 7 rings (SSSR count). The lowest BCUT2D eigenvalue weighted by atomic mass is 9.60. The highest BCUT2D eigenvalue weighted by atomic mass is 31.0. The van der Waals surface area contributed by atoms with Gasteiger partial charge in [-0.25, -0.2) is 0 Å². The van der Waals surface area contributed by atoms with Gasteiger partial charge in [0.2, 0.25) is 0 Å².